The lowest BCUT2D eigenvalue weighted by Gasteiger charge is -2.12. The van der Waals surface area contributed by atoms with Gasteiger partial charge < -0.3 is 18.9 Å². The van der Waals surface area contributed by atoms with E-state index in [1.807, 2.05) is 36.4 Å². The van der Waals surface area contributed by atoms with E-state index in [4.69, 9.17) is 18.9 Å². The van der Waals surface area contributed by atoms with Gasteiger partial charge in [0.05, 0.1) is 14.2 Å². The average molecular weight is 404 g/mol. The number of ether oxygens (including phenoxy) is 4. The number of hydrogen-bond donors (Lipinski definition) is 0. The number of rotatable bonds is 8. The molecule has 0 bridgehead atoms. The van der Waals surface area contributed by atoms with E-state index in [1.54, 1.807) is 44.6 Å². The van der Waals surface area contributed by atoms with E-state index in [0.717, 1.165) is 11.1 Å². The number of carbonyl (C=O) groups is 1. The first kappa shape index (κ1) is 21.0. The SMILES string of the molecule is COc1ccc(OC(=O)/C=C/c2ccc(OCc3ccccc3C)c(OC)c2)cc1. The van der Waals surface area contributed by atoms with Crippen molar-refractivity contribution in [2.24, 2.45) is 0 Å². The summed E-state index contributed by atoms with van der Waals surface area (Å²) in [5.41, 5.74) is 3.08. The average Bonchev–Trinajstić information content (AvgIpc) is 2.78. The summed E-state index contributed by atoms with van der Waals surface area (Å²) in [5.74, 6) is 1.90. The maximum Gasteiger partial charge on any atom is 0.336 e. The molecule has 0 fully saturated rings. The Morgan fingerprint density at radius 1 is 0.867 bits per heavy atom. The first-order chi connectivity index (χ1) is 14.6. The predicted molar refractivity (Wildman–Crippen MR) is 116 cm³/mol. The highest BCUT2D eigenvalue weighted by Crippen LogP contribution is 2.29. The Kier molecular flexibility index (Phi) is 7.11. The fraction of sp³-hybridized carbons (Fsp3) is 0.160. The first-order valence-electron chi connectivity index (χ1n) is 9.48. The van der Waals surface area contributed by atoms with Crippen molar-refractivity contribution < 1.29 is 23.7 Å². The van der Waals surface area contributed by atoms with Crippen LogP contribution in [0.25, 0.3) is 6.08 Å². The normalized spacial score (nSPS) is 10.6. The Balaban J connectivity index is 1.63. The predicted octanol–water partition coefficient (Wildman–Crippen LogP) is 5.21. The highest BCUT2D eigenvalue weighted by Gasteiger charge is 2.07. The van der Waals surface area contributed by atoms with Gasteiger partial charge in [-0.25, -0.2) is 4.79 Å². The summed E-state index contributed by atoms with van der Waals surface area (Å²) in [5, 5.41) is 0. The molecule has 3 aromatic carbocycles. The van der Waals surface area contributed by atoms with Gasteiger partial charge in [0.15, 0.2) is 11.5 Å². The topological polar surface area (TPSA) is 54.0 Å². The molecule has 0 atom stereocenters. The Morgan fingerprint density at radius 3 is 2.30 bits per heavy atom. The van der Waals surface area contributed by atoms with Gasteiger partial charge in [-0.2, -0.15) is 0 Å². The summed E-state index contributed by atoms with van der Waals surface area (Å²) >= 11 is 0. The number of methoxy groups -OCH3 is 2. The van der Waals surface area contributed by atoms with Gasteiger partial charge >= 0.3 is 5.97 Å². The Labute approximate surface area is 176 Å². The summed E-state index contributed by atoms with van der Waals surface area (Å²) in [7, 11) is 3.17. The molecule has 0 N–H and O–H groups in total. The smallest absolute Gasteiger partial charge is 0.336 e. The van der Waals surface area contributed by atoms with Crippen molar-refractivity contribution in [2.75, 3.05) is 14.2 Å². The van der Waals surface area contributed by atoms with Crippen LogP contribution in [0.5, 0.6) is 23.0 Å². The summed E-state index contributed by atoms with van der Waals surface area (Å²) in [6.45, 7) is 2.50. The third-order valence-electron chi connectivity index (χ3n) is 4.52. The van der Waals surface area contributed by atoms with Crippen molar-refractivity contribution in [3.63, 3.8) is 0 Å². The second kappa shape index (κ2) is 10.2. The zero-order valence-corrected chi connectivity index (χ0v) is 17.3. The van der Waals surface area contributed by atoms with Gasteiger partial charge in [0.2, 0.25) is 0 Å². The molecule has 0 aromatic heterocycles. The minimum atomic E-state index is -0.473. The molecule has 0 heterocycles. The fourth-order valence-electron chi connectivity index (χ4n) is 2.79. The highest BCUT2D eigenvalue weighted by molar-refractivity contribution is 5.88. The standard InChI is InChI=1S/C25H24O5/c1-18-6-4-5-7-20(18)17-29-23-14-8-19(16-24(23)28-3)9-15-25(26)30-22-12-10-21(27-2)11-13-22/h4-16H,17H2,1-3H3/b15-9+. The highest BCUT2D eigenvalue weighted by atomic mass is 16.5. The number of benzene rings is 3. The third-order valence-corrected chi connectivity index (χ3v) is 4.52. The number of hydrogen-bond acceptors (Lipinski definition) is 5. The van der Waals surface area contributed by atoms with Crippen LogP contribution in [0.3, 0.4) is 0 Å². The molecule has 30 heavy (non-hydrogen) atoms. The lowest BCUT2D eigenvalue weighted by atomic mass is 10.1. The molecular weight excluding hydrogens is 380 g/mol. The Bertz CT molecular complexity index is 1020. The van der Waals surface area contributed by atoms with E-state index in [9.17, 15) is 4.79 Å². The Morgan fingerprint density at radius 2 is 1.60 bits per heavy atom. The maximum absolute atomic E-state index is 12.1. The van der Waals surface area contributed by atoms with E-state index in [-0.39, 0.29) is 0 Å². The van der Waals surface area contributed by atoms with Crippen LogP contribution in [0, 0.1) is 6.92 Å². The van der Waals surface area contributed by atoms with Crippen LogP contribution in [-0.4, -0.2) is 20.2 Å². The molecular formula is C25H24O5. The van der Waals surface area contributed by atoms with Crippen LogP contribution >= 0.6 is 0 Å². The molecule has 154 valence electrons. The largest absolute Gasteiger partial charge is 0.497 e. The van der Waals surface area contributed by atoms with Crippen LogP contribution in [0.1, 0.15) is 16.7 Å². The van der Waals surface area contributed by atoms with Crippen LogP contribution in [0.2, 0.25) is 0 Å². The molecule has 0 unspecified atom stereocenters. The van der Waals surface area contributed by atoms with Gasteiger partial charge in [0.1, 0.15) is 18.1 Å². The molecule has 5 nitrogen and oxygen atoms in total. The molecule has 0 saturated carbocycles. The molecule has 0 aliphatic rings. The monoisotopic (exact) mass is 404 g/mol. The molecule has 0 aliphatic carbocycles. The van der Waals surface area contributed by atoms with E-state index in [0.29, 0.717) is 29.6 Å². The van der Waals surface area contributed by atoms with E-state index in [1.165, 1.54) is 11.6 Å². The number of esters is 1. The maximum atomic E-state index is 12.1. The van der Waals surface area contributed by atoms with Gasteiger partial charge in [-0.1, -0.05) is 30.3 Å². The van der Waals surface area contributed by atoms with Crippen LogP contribution in [0.4, 0.5) is 0 Å². The minimum Gasteiger partial charge on any atom is -0.497 e. The van der Waals surface area contributed by atoms with Crippen molar-refractivity contribution in [1.82, 2.24) is 0 Å². The summed E-state index contributed by atoms with van der Waals surface area (Å²) in [6, 6.07) is 20.4. The summed E-state index contributed by atoms with van der Waals surface area (Å²) < 4.78 is 21.7. The van der Waals surface area contributed by atoms with E-state index < -0.39 is 5.97 Å². The molecule has 0 radical (unpaired) electrons. The zero-order chi connectivity index (χ0) is 21.3. The number of carbonyl (C=O) groups excluding carboxylic acids is 1. The van der Waals surface area contributed by atoms with Crippen molar-refractivity contribution in [3.8, 4) is 23.0 Å². The molecule has 3 aromatic rings. The lowest BCUT2D eigenvalue weighted by molar-refractivity contribution is -0.128. The first-order valence-corrected chi connectivity index (χ1v) is 9.48. The second-order valence-corrected chi connectivity index (χ2v) is 6.56. The van der Waals surface area contributed by atoms with Crippen molar-refractivity contribution in [1.29, 1.82) is 0 Å². The Hall–Kier alpha value is -3.73. The molecule has 0 amide bonds. The van der Waals surface area contributed by atoms with Gasteiger partial charge in [-0.3, -0.25) is 0 Å². The minimum absolute atomic E-state index is 0.447. The van der Waals surface area contributed by atoms with Gasteiger partial charge in [0, 0.05) is 6.08 Å². The van der Waals surface area contributed by atoms with Crippen molar-refractivity contribution >= 4 is 12.0 Å². The van der Waals surface area contributed by atoms with Crippen LogP contribution in [0.15, 0.2) is 72.8 Å². The van der Waals surface area contributed by atoms with E-state index >= 15 is 0 Å². The van der Waals surface area contributed by atoms with Crippen LogP contribution < -0.4 is 18.9 Å². The van der Waals surface area contributed by atoms with Crippen molar-refractivity contribution in [2.45, 2.75) is 13.5 Å². The summed E-state index contributed by atoms with van der Waals surface area (Å²) in [6.07, 6.45) is 3.03. The van der Waals surface area contributed by atoms with Crippen LogP contribution in [-0.2, 0) is 11.4 Å². The van der Waals surface area contributed by atoms with Crippen molar-refractivity contribution in [3.05, 3.63) is 89.5 Å². The van der Waals surface area contributed by atoms with Gasteiger partial charge in [-0.15, -0.1) is 0 Å². The second-order valence-electron chi connectivity index (χ2n) is 6.56. The zero-order valence-electron chi connectivity index (χ0n) is 17.3. The summed E-state index contributed by atoms with van der Waals surface area (Å²) in [4.78, 5) is 12.1. The van der Waals surface area contributed by atoms with E-state index in [2.05, 4.69) is 13.0 Å². The van der Waals surface area contributed by atoms with Gasteiger partial charge in [-0.05, 0) is 66.1 Å². The molecule has 0 spiro atoms. The molecule has 3 rings (SSSR count). The molecule has 5 heteroatoms. The van der Waals surface area contributed by atoms with Gasteiger partial charge in [0.25, 0.3) is 0 Å². The number of aryl methyl sites for hydroxylation is 1. The molecule has 0 aliphatic heterocycles. The quantitative estimate of drug-likeness (QED) is 0.293. The third kappa shape index (κ3) is 5.64. The lowest BCUT2D eigenvalue weighted by Crippen LogP contribution is -2.03. The molecule has 0 saturated heterocycles. The fourth-order valence-corrected chi connectivity index (χ4v) is 2.79.